The smallest absolute Gasteiger partial charge is 0.340 e. The minimum absolute atomic E-state index is 0.0290. The van der Waals surface area contributed by atoms with Crippen molar-refractivity contribution in [2.75, 3.05) is 13.2 Å². The van der Waals surface area contributed by atoms with Crippen molar-refractivity contribution in [1.82, 2.24) is 4.98 Å². The molecule has 0 unspecified atom stereocenters. The second-order valence-corrected chi connectivity index (χ2v) is 16.5. The van der Waals surface area contributed by atoms with Gasteiger partial charge in [0, 0.05) is 46.7 Å². The van der Waals surface area contributed by atoms with E-state index in [1.54, 1.807) is 13.0 Å². The molecule has 2 saturated carbocycles. The molecule has 19 nitrogen and oxygen atoms in total. The van der Waals surface area contributed by atoms with E-state index in [2.05, 4.69) is 4.98 Å². The zero-order valence-electron chi connectivity index (χ0n) is 35.6. The minimum atomic E-state index is -2.87. The Morgan fingerprint density at radius 2 is 1.32 bits per heavy atom. The topological polar surface area (TPSA) is 253 Å². The van der Waals surface area contributed by atoms with Crippen LogP contribution in [0, 0.1) is 17.3 Å². The molecular formula is C43H49NO18. The largest absolute Gasteiger partial charge is 0.465 e. The fourth-order valence-corrected chi connectivity index (χ4v) is 9.83. The van der Waals surface area contributed by atoms with Crippen LogP contribution in [-0.2, 0) is 71.4 Å². The number of pyridine rings is 1. The van der Waals surface area contributed by atoms with Crippen LogP contribution in [0.15, 0.2) is 48.7 Å². The fourth-order valence-electron chi connectivity index (χ4n) is 9.83. The second kappa shape index (κ2) is 16.7. The van der Waals surface area contributed by atoms with Gasteiger partial charge in [0.1, 0.15) is 42.0 Å². The van der Waals surface area contributed by atoms with Crippen molar-refractivity contribution in [3.63, 3.8) is 0 Å². The van der Waals surface area contributed by atoms with E-state index < -0.39 is 138 Å². The number of rotatable bonds is 8. The molecule has 2 aliphatic heterocycles. The first-order valence-corrected chi connectivity index (χ1v) is 19.9. The molecule has 4 aliphatic rings. The molecule has 1 aromatic heterocycles. The molecule has 0 amide bonds. The maximum atomic E-state index is 14.5. The van der Waals surface area contributed by atoms with Gasteiger partial charge in [-0.05, 0) is 38.1 Å². The van der Waals surface area contributed by atoms with Gasteiger partial charge < -0.3 is 47.7 Å². The standard InChI is InChI=1S/C43H49NO18/c1-20-21(2)37(50)61-34-32(57-24(5)47)36(59-26(7)49)42(19-54-22(3)45)35(58-25(6)48)31(56-23(4)46)29-33(60-38(51)27-14-11-10-12-15-27)43(42,41(34,9)53)62-40(29,8)18-55-39(52)28-16-13-17-44-30(20)28/h10-17,20-21,29,31-36,53H,18-19H2,1-9H3/t20-,21+,29+,31+,32-,33-,34-,35+,36-,40+,41-,42+,43-/m0/s1. The quantitative estimate of drug-likeness (QED) is 0.295. The van der Waals surface area contributed by atoms with Crippen LogP contribution in [0.25, 0.3) is 0 Å². The number of esters is 8. The highest BCUT2D eigenvalue weighted by Gasteiger charge is 2.92. The van der Waals surface area contributed by atoms with E-state index in [0.29, 0.717) is 0 Å². The number of carbonyl (C=O) groups excluding carboxylic acids is 8. The van der Waals surface area contributed by atoms with Gasteiger partial charge in [0.05, 0.1) is 28.7 Å². The van der Waals surface area contributed by atoms with Crippen molar-refractivity contribution >= 4 is 47.8 Å². The number of hydrogen-bond acceptors (Lipinski definition) is 19. The van der Waals surface area contributed by atoms with E-state index in [1.165, 1.54) is 56.4 Å². The van der Waals surface area contributed by atoms with Gasteiger partial charge in [-0.15, -0.1) is 0 Å². The fraction of sp³-hybridized carbons (Fsp3) is 0.558. The monoisotopic (exact) mass is 867 g/mol. The predicted molar refractivity (Wildman–Crippen MR) is 205 cm³/mol. The van der Waals surface area contributed by atoms with Crippen LogP contribution in [0.5, 0.6) is 0 Å². The summed E-state index contributed by atoms with van der Waals surface area (Å²) in [5, 5.41) is 13.7. The third-order valence-electron chi connectivity index (χ3n) is 12.4. The molecule has 2 aliphatic carbocycles. The van der Waals surface area contributed by atoms with Crippen molar-refractivity contribution in [3.05, 3.63) is 65.5 Å². The molecule has 0 radical (unpaired) electrons. The van der Waals surface area contributed by atoms with Gasteiger partial charge >= 0.3 is 47.8 Å². The number of carbonyl (C=O) groups is 8. The Hall–Kier alpha value is -5.95. The average Bonchev–Trinajstić information content (AvgIpc) is 3.42. The Morgan fingerprint density at radius 3 is 1.90 bits per heavy atom. The molecule has 6 rings (SSSR count). The van der Waals surface area contributed by atoms with Gasteiger partial charge in [0.15, 0.2) is 30.0 Å². The summed E-state index contributed by atoms with van der Waals surface area (Å²) in [6.07, 6.45) is -10.8. The van der Waals surface area contributed by atoms with Crippen LogP contribution in [0.1, 0.15) is 94.6 Å². The van der Waals surface area contributed by atoms with Crippen molar-refractivity contribution in [2.45, 2.75) is 122 Å². The second-order valence-electron chi connectivity index (χ2n) is 16.5. The lowest BCUT2D eigenvalue weighted by Gasteiger charge is -2.67. The summed E-state index contributed by atoms with van der Waals surface area (Å²) in [7, 11) is 0. The van der Waals surface area contributed by atoms with Crippen LogP contribution in [-0.4, -0.2) is 124 Å². The highest BCUT2D eigenvalue weighted by atomic mass is 16.7. The molecule has 1 aromatic carbocycles. The van der Waals surface area contributed by atoms with E-state index in [-0.39, 0.29) is 16.8 Å². The Bertz CT molecular complexity index is 2160. The zero-order chi connectivity index (χ0) is 45.7. The molecule has 62 heavy (non-hydrogen) atoms. The summed E-state index contributed by atoms with van der Waals surface area (Å²) >= 11 is 0. The number of aliphatic hydroxyl groups is 1. The molecule has 3 heterocycles. The van der Waals surface area contributed by atoms with Gasteiger partial charge in [-0.2, -0.15) is 0 Å². The van der Waals surface area contributed by atoms with E-state index in [4.69, 9.17) is 42.6 Å². The normalized spacial score (nSPS) is 36.0. The number of ether oxygens (including phenoxy) is 9. The molecule has 4 bridgehead atoms. The van der Waals surface area contributed by atoms with E-state index in [9.17, 15) is 43.5 Å². The van der Waals surface area contributed by atoms with Gasteiger partial charge in [-0.25, -0.2) is 9.59 Å². The highest BCUT2D eigenvalue weighted by molar-refractivity contribution is 5.91. The van der Waals surface area contributed by atoms with Gasteiger partial charge in [0.2, 0.25) is 0 Å². The maximum Gasteiger partial charge on any atom is 0.340 e. The lowest BCUT2D eigenvalue weighted by molar-refractivity contribution is -0.386. The third-order valence-corrected chi connectivity index (χ3v) is 12.4. The number of nitrogens with zero attached hydrogens (tertiary/aromatic N) is 1. The molecule has 1 saturated heterocycles. The Morgan fingerprint density at radius 1 is 0.742 bits per heavy atom. The molecule has 13 atom stereocenters. The Balaban J connectivity index is 1.81. The lowest BCUT2D eigenvalue weighted by atomic mass is 9.45. The summed E-state index contributed by atoms with van der Waals surface area (Å²) in [4.78, 5) is 114. The van der Waals surface area contributed by atoms with Crippen LogP contribution in [0.3, 0.4) is 0 Å². The first-order chi connectivity index (χ1) is 29.0. The average molecular weight is 868 g/mol. The predicted octanol–water partition coefficient (Wildman–Crippen LogP) is 2.33. The first kappa shape index (κ1) is 45.6. The molecule has 1 N–H and O–H groups in total. The van der Waals surface area contributed by atoms with E-state index in [1.807, 2.05) is 0 Å². The molecule has 334 valence electrons. The third kappa shape index (κ3) is 7.43. The summed E-state index contributed by atoms with van der Waals surface area (Å²) in [5.74, 6) is -11.9. The summed E-state index contributed by atoms with van der Waals surface area (Å²) in [6.45, 7) is 8.64. The number of aromatic nitrogens is 1. The van der Waals surface area contributed by atoms with E-state index in [0.717, 1.165) is 41.5 Å². The van der Waals surface area contributed by atoms with Gasteiger partial charge in [0.25, 0.3) is 0 Å². The van der Waals surface area contributed by atoms with Gasteiger partial charge in [-0.1, -0.05) is 32.0 Å². The van der Waals surface area contributed by atoms with Crippen molar-refractivity contribution in [3.8, 4) is 0 Å². The molecule has 3 fully saturated rings. The Kier molecular flexibility index (Phi) is 12.3. The summed E-state index contributed by atoms with van der Waals surface area (Å²) in [6, 6.07) is 10.4. The van der Waals surface area contributed by atoms with Crippen LogP contribution in [0.4, 0.5) is 0 Å². The van der Waals surface area contributed by atoms with Crippen molar-refractivity contribution < 1.29 is 86.1 Å². The molecule has 2 aromatic rings. The number of fused-ring (bicyclic) bond motifs is 5. The van der Waals surface area contributed by atoms with Crippen LogP contribution in [0.2, 0.25) is 0 Å². The molecule has 1 spiro atoms. The first-order valence-electron chi connectivity index (χ1n) is 19.9. The van der Waals surface area contributed by atoms with Crippen molar-refractivity contribution in [2.24, 2.45) is 17.3 Å². The number of benzene rings is 1. The Labute approximate surface area is 355 Å². The minimum Gasteiger partial charge on any atom is -0.465 e. The van der Waals surface area contributed by atoms with Gasteiger partial charge in [-0.3, -0.25) is 33.8 Å². The van der Waals surface area contributed by atoms with E-state index >= 15 is 0 Å². The highest BCUT2D eigenvalue weighted by Crippen LogP contribution is 2.70. The summed E-state index contributed by atoms with van der Waals surface area (Å²) in [5.41, 5.74) is -10.4. The van der Waals surface area contributed by atoms with Crippen LogP contribution >= 0.6 is 0 Å². The number of cyclic esters (lactones) is 1. The maximum absolute atomic E-state index is 14.5. The SMILES string of the molecule is CC(=O)OC[C@]12[C@H](OC(C)=O)[C@H](OC(C)=O)[C@@H]3[C@H](OC(=O)c4ccccc4)[C@@]14O[C@]3(C)COC(=O)c1cccnc1[C@@H](C)[C@@H](C)C(=O)O[C@@H]([C@H](OC(C)=O)[C@@H]2OC(C)=O)[C@]4(C)O. The summed E-state index contributed by atoms with van der Waals surface area (Å²) < 4.78 is 55.4. The van der Waals surface area contributed by atoms with Crippen LogP contribution < -0.4 is 0 Å². The zero-order valence-corrected chi connectivity index (χ0v) is 35.6. The van der Waals surface area contributed by atoms with Crippen molar-refractivity contribution in [1.29, 1.82) is 0 Å². The molecular weight excluding hydrogens is 818 g/mol. The number of hydrogen-bond donors (Lipinski definition) is 1. The molecule has 19 heteroatoms. The lowest BCUT2D eigenvalue weighted by Crippen LogP contribution is -2.89.